The Morgan fingerprint density at radius 3 is 2.71 bits per heavy atom. The summed E-state index contributed by atoms with van der Waals surface area (Å²) >= 11 is 1.80. The summed E-state index contributed by atoms with van der Waals surface area (Å²) in [5.41, 5.74) is 1.33. The number of thiazole rings is 1. The van der Waals surface area contributed by atoms with Crippen molar-refractivity contribution in [3.05, 3.63) is 52.0 Å². The fourth-order valence-electron chi connectivity index (χ4n) is 1.71. The highest BCUT2D eigenvalue weighted by Crippen LogP contribution is 2.16. The average Bonchev–Trinajstić information content (AvgIpc) is 2.85. The van der Waals surface area contributed by atoms with Crippen LogP contribution in [-0.4, -0.2) is 4.98 Å². The molecule has 0 amide bonds. The minimum Gasteiger partial charge on any atom is -0.305 e. The first-order valence-electron chi connectivity index (χ1n) is 6.01. The van der Waals surface area contributed by atoms with Gasteiger partial charge < -0.3 is 5.32 Å². The largest absolute Gasteiger partial charge is 0.305 e. The lowest BCUT2D eigenvalue weighted by Crippen LogP contribution is -2.17. The number of benzene rings is 1. The summed E-state index contributed by atoms with van der Waals surface area (Å²) in [4.78, 5) is 5.67. The van der Waals surface area contributed by atoms with Gasteiger partial charge in [0.25, 0.3) is 0 Å². The molecule has 90 valence electrons. The molecule has 1 N–H and O–H groups in total. The Bertz CT molecular complexity index is 450. The zero-order valence-corrected chi connectivity index (χ0v) is 11.1. The Labute approximate surface area is 107 Å². The van der Waals surface area contributed by atoms with Crippen molar-refractivity contribution in [2.45, 2.75) is 32.9 Å². The summed E-state index contributed by atoms with van der Waals surface area (Å²) < 4.78 is 0. The van der Waals surface area contributed by atoms with Gasteiger partial charge in [-0.1, -0.05) is 37.3 Å². The van der Waals surface area contributed by atoms with E-state index in [1.165, 1.54) is 15.4 Å². The molecule has 0 radical (unpaired) electrons. The quantitative estimate of drug-likeness (QED) is 0.872. The number of aryl methyl sites for hydroxylation is 1. The zero-order chi connectivity index (χ0) is 12.1. The van der Waals surface area contributed by atoms with Crippen LogP contribution in [0.3, 0.4) is 0 Å². The highest BCUT2D eigenvalue weighted by molar-refractivity contribution is 7.11. The zero-order valence-electron chi connectivity index (χ0n) is 10.3. The fraction of sp³-hybridized carbons (Fsp3) is 0.357. The van der Waals surface area contributed by atoms with Crippen molar-refractivity contribution >= 4 is 11.3 Å². The minimum absolute atomic E-state index is 0.378. The molecule has 0 saturated heterocycles. The van der Waals surface area contributed by atoms with E-state index in [0.717, 1.165) is 13.0 Å². The van der Waals surface area contributed by atoms with Crippen molar-refractivity contribution in [1.29, 1.82) is 0 Å². The van der Waals surface area contributed by atoms with Crippen LogP contribution in [-0.2, 0) is 13.0 Å². The predicted molar refractivity (Wildman–Crippen MR) is 73.2 cm³/mol. The molecule has 0 fully saturated rings. The van der Waals surface area contributed by atoms with E-state index in [9.17, 15) is 0 Å². The lowest BCUT2D eigenvalue weighted by Gasteiger charge is -2.12. The van der Waals surface area contributed by atoms with Gasteiger partial charge in [-0.05, 0) is 18.9 Å². The van der Waals surface area contributed by atoms with Gasteiger partial charge in [0.15, 0.2) is 0 Å². The maximum atomic E-state index is 4.36. The summed E-state index contributed by atoms with van der Waals surface area (Å²) in [6.45, 7) is 5.23. The number of hydrogen-bond donors (Lipinski definition) is 1. The van der Waals surface area contributed by atoms with Gasteiger partial charge in [-0.25, -0.2) is 4.98 Å². The lowest BCUT2D eigenvalue weighted by molar-refractivity contribution is 0.578. The predicted octanol–water partition coefficient (Wildman–Crippen LogP) is 3.56. The average molecular weight is 246 g/mol. The molecule has 1 aromatic heterocycles. The van der Waals surface area contributed by atoms with Gasteiger partial charge in [-0.3, -0.25) is 0 Å². The lowest BCUT2D eigenvalue weighted by atomic mass is 10.1. The van der Waals surface area contributed by atoms with Crippen molar-refractivity contribution in [1.82, 2.24) is 10.3 Å². The Morgan fingerprint density at radius 2 is 2.06 bits per heavy atom. The summed E-state index contributed by atoms with van der Waals surface area (Å²) in [7, 11) is 0. The second-order valence-electron chi connectivity index (χ2n) is 4.09. The van der Waals surface area contributed by atoms with Crippen molar-refractivity contribution < 1.29 is 0 Å². The topological polar surface area (TPSA) is 24.9 Å². The first-order valence-corrected chi connectivity index (χ1v) is 6.83. The molecule has 17 heavy (non-hydrogen) atoms. The van der Waals surface area contributed by atoms with Gasteiger partial charge in [0, 0.05) is 23.7 Å². The van der Waals surface area contributed by atoms with Crippen LogP contribution in [0, 0.1) is 0 Å². The molecule has 0 aliphatic heterocycles. The van der Waals surface area contributed by atoms with Crippen LogP contribution in [0.25, 0.3) is 0 Å². The van der Waals surface area contributed by atoms with Crippen molar-refractivity contribution in [2.24, 2.45) is 0 Å². The third-order valence-electron chi connectivity index (χ3n) is 2.79. The third-order valence-corrected chi connectivity index (χ3v) is 3.93. The van der Waals surface area contributed by atoms with Gasteiger partial charge in [0.1, 0.15) is 0 Å². The van der Waals surface area contributed by atoms with Gasteiger partial charge >= 0.3 is 0 Å². The summed E-state index contributed by atoms with van der Waals surface area (Å²) in [5, 5.41) is 4.74. The molecule has 2 rings (SSSR count). The molecule has 1 heterocycles. The number of aromatic nitrogens is 1. The van der Waals surface area contributed by atoms with E-state index in [0.29, 0.717) is 6.04 Å². The summed E-state index contributed by atoms with van der Waals surface area (Å²) in [6, 6.07) is 10.9. The van der Waals surface area contributed by atoms with Crippen LogP contribution in [0.15, 0.2) is 36.5 Å². The van der Waals surface area contributed by atoms with Crippen molar-refractivity contribution in [3.8, 4) is 0 Å². The van der Waals surface area contributed by atoms with E-state index in [-0.39, 0.29) is 0 Å². The smallest absolute Gasteiger partial charge is 0.0925 e. The number of hydrogen-bond acceptors (Lipinski definition) is 3. The van der Waals surface area contributed by atoms with Crippen LogP contribution in [0.4, 0.5) is 0 Å². The molecular weight excluding hydrogens is 228 g/mol. The van der Waals surface area contributed by atoms with Gasteiger partial charge in [0.05, 0.1) is 5.01 Å². The van der Waals surface area contributed by atoms with Gasteiger partial charge in [-0.2, -0.15) is 0 Å². The maximum absolute atomic E-state index is 4.36. The van der Waals surface area contributed by atoms with Crippen LogP contribution in [0.2, 0.25) is 0 Å². The molecule has 2 aromatic rings. The van der Waals surface area contributed by atoms with E-state index in [1.807, 2.05) is 12.3 Å². The first-order chi connectivity index (χ1) is 8.29. The van der Waals surface area contributed by atoms with Crippen LogP contribution < -0.4 is 5.32 Å². The van der Waals surface area contributed by atoms with E-state index in [4.69, 9.17) is 0 Å². The normalized spacial score (nSPS) is 12.6. The van der Waals surface area contributed by atoms with Crippen molar-refractivity contribution in [3.63, 3.8) is 0 Å². The Morgan fingerprint density at radius 1 is 1.29 bits per heavy atom. The molecule has 0 aliphatic rings. The van der Waals surface area contributed by atoms with Gasteiger partial charge in [0.2, 0.25) is 0 Å². The van der Waals surface area contributed by atoms with E-state index in [2.05, 4.69) is 48.4 Å². The molecule has 0 aliphatic carbocycles. The highest BCUT2D eigenvalue weighted by atomic mass is 32.1. The van der Waals surface area contributed by atoms with Crippen molar-refractivity contribution in [2.75, 3.05) is 0 Å². The van der Waals surface area contributed by atoms with E-state index >= 15 is 0 Å². The number of nitrogens with zero attached hydrogens (tertiary/aromatic N) is 1. The molecule has 0 bridgehead atoms. The fourth-order valence-corrected chi connectivity index (χ4v) is 2.52. The van der Waals surface area contributed by atoms with Crippen LogP contribution >= 0.6 is 11.3 Å². The van der Waals surface area contributed by atoms with Crippen LogP contribution in [0.1, 0.15) is 35.3 Å². The Kier molecular flexibility index (Phi) is 4.29. The molecule has 0 saturated carbocycles. The van der Waals surface area contributed by atoms with Crippen LogP contribution in [0.5, 0.6) is 0 Å². The third kappa shape index (κ3) is 3.38. The minimum atomic E-state index is 0.378. The summed E-state index contributed by atoms with van der Waals surface area (Å²) in [6.07, 6.45) is 3.01. The summed E-state index contributed by atoms with van der Waals surface area (Å²) in [5.74, 6) is 0. The van der Waals surface area contributed by atoms with E-state index in [1.54, 1.807) is 11.3 Å². The second kappa shape index (κ2) is 5.94. The molecule has 1 aromatic carbocycles. The van der Waals surface area contributed by atoms with Gasteiger partial charge in [-0.15, -0.1) is 11.3 Å². The monoisotopic (exact) mass is 246 g/mol. The van der Waals surface area contributed by atoms with E-state index < -0.39 is 0 Å². The highest BCUT2D eigenvalue weighted by Gasteiger charge is 2.05. The number of rotatable bonds is 5. The molecule has 1 atom stereocenters. The SMILES string of the molecule is CCc1ncc(CN[C@@H](C)c2ccccc2)s1. The Hall–Kier alpha value is -1.19. The molecule has 0 unspecified atom stereocenters. The molecular formula is C14H18N2S. The maximum Gasteiger partial charge on any atom is 0.0925 e. The standard InChI is InChI=1S/C14H18N2S/c1-3-14-16-10-13(17-14)9-15-11(2)12-7-5-4-6-8-12/h4-8,10-11,15H,3,9H2,1-2H3/t11-/m0/s1. The molecule has 0 spiro atoms. The molecule has 3 heteroatoms. The molecule has 2 nitrogen and oxygen atoms in total. The second-order valence-corrected chi connectivity index (χ2v) is 5.29. The first kappa shape index (κ1) is 12.3. The Balaban J connectivity index is 1.90. The number of nitrogens with one attached hydrogen (secondary N) is 1.